The zero-order valence-electron chi connectivity index (χ0n) is 9.00. The van der Waals surface area contributed by atoms with Crippen LogP contribution in [0.3, 0.4) is 0 Å². The van der Waals surface area contributed by atoms with Crippen molar-refractivity contribution in [1.29, 1.82) is 0 Å². The van der Waals surface area contributed by atoms with E-state index in [-0.39, 0.29) is 5.56 Å². The molecule has 1 N–H and O–H groups in total. The lowest BCUT2D eigenvalue weighted by atomic mass is 10.4. The van der Waals surface area contributed by atoms with Crippen molar-refractivity contribution in [2.24, 2.45) is 0 Å². The van der Waals surface area contributed by atoms with Gasteiger partial charge in [0.05, 0.1) is 11.1 Å². The third-order valence-electron chi connectivity index (χ3n) is 2.02. The topological polar surface area (TPSA) is 43.3 Å². The number of pyridine rings is 1. The SMILES string of the molecule is COCCNCCn1cc(Br)cc(Br)c1=O. The predicted molar refractivity (Wildman–Crippen MR) is 70.8 cm³/mol. The Bertz CT molecular complexity index is 393. The molecule has 0 aliphatic carbocycles. The number of hydrogen-bond donors (Lipinski definition) is 1. The Morgan fingerprint density at radius 3 is 2.88 bits per heavy atom. The molecule has 0 amide bonds. The Morgan fingerprint density at radius 2 is 2.19 bits per heavy atom. The monoisotopic (exact) mass is 352 g/mol. The van der Waals surface area contributed by atoms with Crippen LogP contribution in [0.5, 0.6) is 0 Å². The molecule has 16 heavy (non-hydrogen) atoms. The highest BCUT2D eigenvalue weighted by Gasteiger charge is 2.02. The van der Waals surface area contributed by atoms with Crippen molar-refractivity contribution in [2.75, 3.05) is 26.8 Å². The van der Waals surface area contributed by atoms with E-state index in [0.29, 0.717) is 17.6 Å². The van der Waals surface area contributed by atoms with Gasteiger partial charge in [0.25, 0.3) is 5.56 Å². The van der Waals surface area contributed by atoms with Gasteiger partial charge < -0.3 is 14.6 Å². The third-order valence-corrected chi connectivity index (χ3v) is 3.02. The quantitative estimate of drug-likeness (QED) is 0.790. The number of ether oxygens (including phenoxy) is 1. The summed E-state index contributed by atoms with van der Waals surface area (Å²) in [7, 11) is 1.66. The zero-order chi connectivity index (χ0) is 12.0. The van der Waals surface area contributed by atoms with Crippen molar-refractivity contribution in [3.8, 4) is 0 Å². The molecular weight excluding hydrogens is 340 g/mol. The van der Waals surface area contributed by atoms with E-state index in [1.165, 1.54) is 0 Å². The second-order valence-electron chi connectivity index (χ2n) is 3.25. The summed E-state index contributed by atoms with van der Waals surface area (Å²) >= 11 is 6.58. The first-order chi connectivity index (χ1) is 7.65. The van der Waals surface area contributed by atoms with Gasteiger partial charge in [-0.1, -0.05) is 0 Å². The minimum absolute atomic E-state index is 0.0169. The Kier molecular flexibility index (Phi) is 6.26. The summed E-state index contributed by atoms with van der Waals surface area (Å²) in [6, 6.07) is 1.75. The van der Waals surface area contributed by atoms with Crippen LogP contribution in [0.15, 0.2) is 26.0 Å². The second-order valence-corrected chi connectivity index (χ2v) is 5.02. The highest BCUT2D eigenvalue weighted by atomic mass is 79.9. The van der Waals surface area contributed by atoms with Gasteiger partial charge in [-0.2, -0.15) is 0 Å². The molecule has 0 saturated heterocycles. The van der Waals surface area contributed by atoms with Crippen molar-refractivity contribution in [3.05, 3.63) is 31.6 Å². The highest BCUT2D eigenvalue weighted by molar-refractivity contribution is 9.11. The van der Waals surface area contributed by atoms with E-state index in [0.717, 1.165) is 17.6 Å². The van der Waals surface area contributed by atoms with Gasteiger partial charge in [-0.3, -0.25) is 4.79 Å². The van der Waals surface area contributed by atoms with E-state index in [9.17, 15) is 4.79 Å². The molecule has 0 spiro atoms. The van der Waals surface area contributed by atoms with Crippen LogP contribution in [0.25, 0.3) is 0 Å². The maximum Gasteiger partial charge on any atom is 0.264 e. The molecule has 4 nitrogen and oxygen atoms in total. The Hall–Kier alpha value is -0.170. The van der Waals surface area contributed by atoms with Gasteiger partial charge in [0.2, 0.25) is 0 Å². The van der Waals surface area contributed by atoms with Crippen LogP contribution in [0.2, 0.25) is 0 Å². The fourth-order valence-electron chi connectivity index (χ4n) is 1.23. The van der Waals surface area contributed by atoms with Crippen LogP contribution in [-0.4, -0.2) is 31.4 Å². The molecule has 0 fully saturated rings. The van der Waals surface area contributed by atoms with Crippen LogP contribution in [-0.2, 0) is 11.3 Å². The highest BCUT2D eigenvalue weighted by Crippen LogP contribution is 2.12. The molecule has 1 aromatic rings. The Morgan fingerprint density at radius 1 is 1.44 bits per heavy atom. The minimum Gasteiger partial charge on any atom is -0.383 e. The Labute approximate surface area is 111 Å². The first-order valence-corrected chi connectivity index (χ1v) is 6.49. The van der Waals surface area contributed by atoms with Crippen molar-refractivity contribution in [3.63, 3.8) is 0 Å². The van der Waals surface area contributed by atoms with E-state index >= 15 is 0 Å². The standard InChI is InChI=1S/C10H14Br2N2O2/c1-16-5-3-13-2-4-14-7-8(11)6-9(12)10(14)15/h6-7,13H,2-5H2,1H3. The molecule has 0 aromatic carbocycles. The first kappa shape index (κ1) is 13.9. The van der Waals surface area contributed by atoms with Crippen LogP contribution >= 0.6 is 31.9 Å². The number of rotatable bonds is 6. The van der Waals surface area contributed by atoms with Crippen LogP contribution in [0, 0.1) is 0 Å². The van der Waals surface area contributed by atoms with Gasteiger partial charge in [0, 0.05) is 37.4 Å². The summed E-state index contributed by atoms with van der Waals surface area (Å²) in [5, 5.41) is 3.19. The maximum atomic E-state index is 11.7. The van der Waals surface area contributed by atoms with Gasteiger partial charge in [-0.05, 0) is 37.9 Å². The molecule has 6 heteroatoms. The summed E-state index contributed by atoms with van der Waals surface area (Å²) in [6.45, 7) is 2.85. The number of methoxy groups -OCH3 is 1. The van der Waals surface area contributed by atoms with Crippen molar-refractivity contribution >= 4 is 31.9 Å². The fourth-order valence-corrected chi connectivity index (χ4v) is 2.49. The molecular formula is C10H14Br2N2O2. The van der Waals surface area contributed by atoms with Gasteiger partial charge in [0.15, 0.2) is 0 Å². The predicted octanol–water partition coefficient (Wildman–Crippen LogP) is 1.61. The lowest BCUT2D eigenvalue weighted by Gasteiger charge is -2.08. The van der Waals surface area contributed by atoms with Gasteiger partial charge >= 0.3 is 0 Å². The number of halogens is 2. The molecule has 0 aliphatic rings. The average Bonchev–Trinajstić information content (AvgIpc) is 2.24. The van der Waals surface area contributed by atoms with Crippen LogP contribution < -0.4 is 10.9 Å². The second kappa shape index (κ2) is 7.21. The van der Waals surface area contributed by atoms with Crippen molar-refractivity contribution < 1.29 is 4.74 Å². The summed E-state index contributed by atoms with van der Waals surface area (Å²) < 4.78 is 8.02. The molecule has 0 atom stereocenters. The maximum absolute atomic E-state index is 11.7. The minimum atomic E-state index is -0.0169. The van der Waals surface area contributed by atoms with E-state index < -0.39 is 0 Å². The summed E-state index contributed by atoms with van der Waals surface area (Å²) in [4.78, 5) is 11.7. The lowest BCUT2D eigenvalue weighted by Crippen LogP contribution is -2.28. The molecule has 0 bridgehead atoms. The largest absolute Gasteiger partial charge is 0.383 e. The zero-order valence-corrected chi connectivity index (χ0v) is 12.2. The fraction of sp³-hybridized carbons (Fsp3) is 0.500. The van der Waals surface area contributed by atoms with Crippen molar-refractivity contribution in [1.82, 2.24) is 9.88 Å². The van der Waals surface area contributed by atoms with E-state index in [1.54, 1.807) is 23.9 Å². The smallest absolute Gasteiger partial charge is 0.264 e. The van der Waals surface area contributed by atoms with E-state index in [1.807, 2.05) is 0 Å². The third kappa shape index (κ3) is 4.37. The summed E-state index contributed by atoms with van der Waals surface area (Å²) in [5.74, 6) is 0. The Balaban J connectivity index is 2.51. The number of aromatic nitrogens is 1. The van der Waals surface area contributed by atoms with Gasteiger partial charge in [0.1, 0.15) is 0 Å². The first-order valence-electron chi connectivity index (χ1n) is 4.90. The molecule has 1 heterocycles. The molecule has 0 saturated carbocycles. The number of nitrogens with zero attached hydrogens (tertiary/aromatic N) is 1. The van der Waals surface area contributed by atoms with E-state index in [4.69, 9.17) is 4.74 Å². The molecule has 90 valence electrons. The normalized spacial score (nSPS) is 10.7. The van der Waals surface area contributed by atoms with Crippen molar-refractivity contribution in [2.45, 2.75) is 6.54 Å². The number of hydrogen-bond acceptors (Lipinski definition) is 3. The molecule has 0 radical (unpaired) electrons. The lowest BCUT2D eigenvalue weighted by molar-refractivity contribution is 0.199. The average molecular weight is 354 g/mol. The van der Waals surface area contributed by atoms with Crippen LogP contribution in [0.1, 0.15) is 0 Å². The number of nitrogens with one attached hydrogen (secondary N) is 1. The van der Waals surface area contributed by atoms with Gasteiger partial charge in [-0.15, -0.1) is 0 Å². The summed E-state index contributed by atoms with van der Waals surface area (Å²) in [5.41, 5.74) is -0.0169. The molecule has 1 aromatic heterocycles. The molecule has 1 rings (SSSR count). The van der Waals surface area contributed by atoms with Crippen LogP contribution in [0.4, 0.5) is 0 Å². The molecule has 0 unspecified atom stereocenters. The molecule has 0 aliphatic heterocycles. The van der Waals surface area contributed by atoms with E-state index in [2.05, 4.69) is 37.2 Å². The summed E-state index contributed by atoms with van der Waals surface area (Å²) in [6.07, 6.45) is 1.78. The van der Waals surface area contributed by atoms with Gasteiger partial charge in [-0.25, -0.2) is 0 Å².